The number of carbonyl (C=O) groups is 1. The van der Waals surface area contributed by atoms with Gasteiger partial charge in [-0.05, 0) is 37.8 Å². The van der Waals surface area contributed by atoms with Gasteiger partial charge in [0.25, 0.3) is 0 Å². The summed E-state index contributed by atoms with van der Waals surface area (Å²) in [5.74, 6) is 0.0881. The van der Waals surface area contributed by atoms with Crippen molar-refractivity contribution in [1.82, 2.24) is 5.32 Å². The van der Waals surface area contributed by atoms with Gasteiger partial charge in [0.2, 0.25) is 5.91 Å². The van der Waals surface area contributed by atoms with Crippen LogP contribution in [0, 0.1) is 13.8 Å². The summed E-state index contributed by atoms with van der Waals surface area (Å²) >= 11 is 0. The molecule has 0 heterocycles. The van der Waals surface area contributed by atoms with E-state index in [1.54, 1.807) is 0 Å². The molecule has 0 aliphatic heterocycles. The predicted molar refractivity (Wildman–Crippen MR) is 65.6 cm³/mol. The number of carbonyl (C=O) groups excluding carboxylic acids is 1. The summed E-state index contributed by atoms with van der Waals surface area (Å²) in [6.45, 7) is 4.46. The third-order valence-electron chi connectivity index (χ3n) is 2.85. The maximum Gasteiger partial charge on any atom is 0.239 e. The summed E-state index contributed by atoms with van der Waals surface area (Å²) in [7, 11) is 0. The van der Waals surface area contributed by atoms with E-state index < -0.39 is 0 Å². The highest BCUT2D eigenvalue weighted by Crippen LogP contribution is 2.20. The molecule has 0 aromatic heterocycles. The van der Waals surface area contributed by atoms with Crippen molar-refractivity contribution in [2.75, 3.05) is 11.9 Å². The Morgan fingerprint density at radius 2 is 1.94 bits per heavy atom. The number of amides is 1. The molecule has 1 amide bonds. The molecule has 0 saturated heterocycles. The maximum atomic E-state index is 11.5. The molecule has 1 aliphatic rings. The van der Waals surface area contributed by atoms with Crippen LogP contribution in [0.4, 0.5) is 5.69 Å². The van der Waals surface area contributed by atoms with Gasteiger partial charge in [-0.15, -0.1) is 0 Å². The van der Waals surface area contributed by atoms with Crippen LogP contribution >= 0.6 is 0 Å². The molecule has 0 unspecified atom stereocenters. The summed E-state index contributed by atoms with van der Waals surface area (Å²) in [5.41, 5.74) is 3.44. The zero-order valence-corrected chi connectivity index (χ0v) is 9.84. The third kappa shape index (κ3) is 2.75. The molecule has 86 valence electrons. The molecular formula is C13H18N2O. The van der Waals surface area contributed by atoms with Crippen LogP contribution in [0.1, 0.15) is 24.0 Å². The van der Waals surface area contributed by atoms with E-state index in [0.29, 0.717) is 12.6 Å². The van der Waals surface area contributed by atoms with Gasteiger partial charge >= 0.3 is 0 Å². The molecular weight excluding hydrogens is 200 g/mol. The number of hydrogen-bond donors (Lipinski definition) is 2. The van der Waals surface area contributed by atoms with Crippen LogP contribution in [0.25, 0.3) is 0 Å². The molecule has 0 bridgehead atoms. The lowest BCUT2D eigenvalue weighted by Gasteiger charge is -2.12. The van der Waals surface area contributed by atoms with Crippen molar-refractivity contribution in [2.24, 2.45) is 0 Å². The Bertz CT molecular complexity index is 377. The van der Waals surface area contributed by atoms with Crippen molar-refractivity contribution in [3.63, 3.8) is 0 Å². The first-order valence-corrected chi connectivity index (χ1v) is 5.76. The largest absolute Gasteiger partial charge is 0.376 e. The normalized spacial score (nSPS) is 14.6. The summed E-state index contributed by atoms with van der Waals surface area (Å²) in [5, 5.41) is 6.16. The Balaban J connectivity index is 1.90. The second-order valence-corrected chi connectivity index (χ2v) is 4.46. The first-order chi connectivity index (χ1) is 7.66. The zero-order chi connectivity index (χ0) is 11.5. The molecule has 1 aliphatic carbocycles. The fourth-order valence-electron chi connectivity index (χ4n) is 1.77. The van der Waals surface area contributed by atoms with E-state index in [1.807, 2.05) is 32.0 Å². The number of benzene rings is 1. The first-order valence-electron chi connectivity index (χ1n) is 5.76. The number of anilines is 1. The van der Waals surface area contributed by atoms with Crippen molar-refractivity contribution in [2.45, 2.75) is 32.7 Å². The van der Waals surface area contributed by atoms with Crippen LogP contribution in [-0.2, 0) is 4.79 Å². The van der Waals surface area contributed by atoms with Gasteiger partial charge in [0, 0.05) is 11.7 Å². The van der Waals surface area contributed by atoms with Crippen molar-refractivity contribution >= 4 is 11.6 Å². The van der Waals surface area contributed by atoms with Crippen LogP contribution in [0.2, 0.25) is 0 Å². The molecule has 1 aromatic rings. The molecule has 3 nitrogen and oxygen atoms in total. The minimum absolute atomic E-state index is 0.0881. The molecule has 16 heavy (non-hydrogen) atoms. The lowest BCUT2D eigenvalue weighted by atomic mass is 10.1. The van der Waals surface area contributed by atoms with Crippen LogP contribution in [-0.4, -0.2) is 18.5 Å². The molecule has 3 heteroatoms. The van der Waals surface area contributed by atoms with Gasteiger partial charge in [-0.3, -0.25) is 4.79 Å². The molecule has 0 radical (unpaired) electrons. The van der Waals surface area contributed by atoms with E-state index >= 15 is 0 Å². The van der Waals surface area contributed by atoms with Gasteiger partial charge in [-0.1, -0.05) is 18.2 Å². The number of aryl methyl sites for hydroxylation is 2. The topological polar surface area (TPSA) is 41.1 Å². The van der Waals surface area contributed by atoms with E-state index in [4.69, 9.17) is 0 Å². The van der Waals surface area contributed by atoms with Crippen molar-refractivity contribution in [1.29, 1.82) is 0 Å². The maximum absolute atomic E-state index is 11.5. The van der Waals surface area contributed by atoms with Gasteiger partial charge in [0.05, 0.1) is 6.54 Å². The number of rotatable bonds is 4. The van der Waals surface area contributed by atoms with E-state index in [1.165, 1.54) is 11.1 Å². The Hall–Kier alpha value is -1.51. The van der Waals surface area contributed by atoms with Crippen molar-refractivity contribution in [3.8, 4) is 0 Å². The molecule has 1 aromatic carbocycles. The molecule has 0 atom stereocenters. The van der Waals surface area contributed by atoms with E-state index in [0.717, 1.165) is 18.5 Å². The quantitative estimate of drug-likeness (QED) is 0.811. The minimum Gasteiger partial charge on any atom is -0.376 e. The Morgan fingerprint density at radius 3 is 2.50 bits per heavy atom. The number of hydrogen-bond acceptors (Lipinski definition) is 2. The van der Waals surface area contributed by atoms with Gasteiger partial charge in [0.15, 0.2) is 0 Å². The molecule has 2 N–H and O–H groups in total. The van der Waals surface area contributed by atoms with E-state index in [-0.39, 0.29) is 5.91 Å². The van der Waals surface area contributed by atoms with Gasteiger partial charge < -0.3 is 10.6 Å². The SMILES string of the molecule is Cc1cccc(C)c1NCC(=O)NC1CC1. The lowest BCUT2D eigenvalue weighted by molar-refractivity contribution is -0.119. The van der Waals surface area contributed by atoms with Gasteiger partial charge in [-0.2, -0.15) is 0 Å². The van der Waals surface area contributed by atoms with Crippen molar-refractivity contribution < 1.29 is 4.79 Å². The smallest absolute Gasteiger partial charge is 0.239 e. The highest BCUT2D eigenvalue weighted by atomic mass is 16.2. The first kappa shape index (κ1) is 11.0. The molecule has 1 fully saturated rings. The summed E-state index contributed by atoms with van der Waals surface area (Å²) in [4.78, 5) is 11.5. The fraction of sp³-hybridized carbons (Fsp3) is 0.462. The summed E-state index contributed by atoms with van der Waals surface area (Å²) < 4.78 is 0. The van der Waals surface area contributed by atoms with Crippen LogP contribution in [0.5, 0.6) is 0 Å². The zero-order valence-electron chi connectivity index (χ0n) is 9.84. The second kappa shape index (κ2) is 4.56. The Labute approximate surface area is 96.2 Å². The Kier molecular flexibility index (Phi) is 3.13. The number of nitrogens with one attached hydrogen (secondary N) is 2. The predicted octanol–water partition coefficient (Wildman–Crippen LogP) is 1.99. The third-order valence-corrected chi connectivity index (χ3v) is 2.85. The summed E-state index contributed by atoms with van der Waals surface area (Å²) in [6, 6.07) is 6.56. The monoisotopic (exact) mass is 218 g/mol. The van der Waals surface area contributed by atoms with Crippen LogP contribution < -0.4 is 10.6 Å². The molecule has 2 rings (SSSR count). The van der Waals surface area contributed by atoms with Crippen molar-refractivity contribution in [3.05, 3.63) is 29.3 Å². The average molecular weight is 218 g/mol. The van der Waals surface area contributed by atoms with Gasteiger partial charge in [-0.25, -0.2) is 0 Å². The van der Waals surface area contributed by atoms with Crippen LogP contribution in [0.15, 0.2) is 18.2 Å². The molecule has 0 spiro atoms. The van der Waals surface area contributed by atoms with E-state index in [9.17, 15) is 4.79 Å². The van der Waals surface area contributed by atoms with E-state index in [2.05, 4.69) is 10.6 Å². The standard InChI is InChI=1S/C13H18N2O/c1-9-4-3-5-10(2)13(9)14-8-12(16)15-11-6-7-11/h3-5,11,14H,6-8H2,1-2H3,(H,15,16). The highest BCUT2D eigenvalue weighted by molar-refractivity contribution is 5.81. The summed E-state index contributed by atoms with van der Waals surface area (Å²) in [6.07, 6.45) is 2.27. The highest BCUT2D eigenvalue weighted by Gasteiger charge is 2.22. The average Bonchev–Trinajstić information content (AvgIpc) is 3.01. The Morgan fingerprint density at radius 1 is 1.31 bits per heavy atom. The number of para-hydroxylation sites is 1. The second-order valence-electron chi connectivity index (χ2n) is 4.46. The fourth-order valence-corrected chi connectivity index (χ4v) is 1.77. The van der Waals surface area contributed by atoms with Gasteiger partial charge in [0.1, 0.15) is 0 Å². The molecule has 1 saturated carbocycles. The minimum atomic E-state index is 0.0881. The van der Waals surface area contributed by atoms with Crippen LogP contribution in [0.3, 0.4) is 0 Å². The lowest BCUT2D eigenvalue weighted by Crippen LogP contribution is -2.31.